The second-order valence-electron chi connectivity index (χ2n) is 7.64. The highest BCUT2D eigenvalue weighted by atomic mass is 16.5. The number of benzene rings is 2. The predicted octanol–water partition coefficient (Wildman–Crippen LogP) is 2.24. The molecule has 1 unspecified atom stereocenters. The summed E-state index contributed by atoms with van der Waals surface area (Å²) in [6, 6.07) is 15.3. The van der Waals surface area contributed by atoms with E-state index in [1.807, 2.05) is 48.5 Å². The molecule has 2 aromatic carbocycles. The minimum absolute atomic E-state index is 0.0566. The molecule has 0 radical (unpaired) electrons. The third-order valence-corrected chi connectivity index (χ3v) is 5.45. The summed E-state index contributed by atoms with van der Waals surface area (Å²) in [6.45, 7) is 2.47. The molecule has 1 aliphatic heterocycles. The largest absolute Gasteiger partial charge is 0.487 e. The minimum Gasteiger partial charge on any atom is -0.487 e. The van der Waals surface area contributed by atoms with Gasteiger partial charge in [-0.05, 0) is 35.4 Å². The van der Waals surface area contributed by atoms with Crippen LogP contribution in [0.1, 0.15) is 24.4 Å². The summed E-state index contributed by atoms with van der Waals surface area (Å²) in [5, 5.41) is 19.0. The number of hydrogen-bond donors (Lipinski definition) is 2. The normalized spacial score (nSPS) is 14.3. The molecule has 1 atom stereocenters. The van der Waals surface area contributed by atoms with Gasteiger partial charge in [0.2, 0.25) is 5.91 Å². The molecule has 2 N–H and O–H groups in total. The lowest BCUT2D eigenvalue weighted by Gasteiger charge is -2.38. The molecule has 1 fully saturated rings. The van der Waals surface area contributed by atoms with E-state index >= 15 is 0 Å². The van der Waals surface area contributed by atoms with Crippen molar-refractivity contribution in [3.05, 3.63) is 72.3 Å². The summed E-state index contributed by atoms with van der Waals surface area (Å²) in [4.78, 5) is 17.1. The van der Waals surface area contributed by atoms with Crippen LogP contribution in [-0.4, -0.2) is 56.4 Å². The van der Waals surface area contributed by atoms with E-state index in [1.54, 1.807) is 28.8 Å². The van der Waals surface area contributed by atoms with Crippen LogP contribution in [0.25, 0.3) is 11.1 Å². The predicted molar refractivity (Wildman–Crippen MR) is 120 cm³/mol. The highest BCUT2D eigenvalue weighted by molar-refractivity contribution is 5.74. The Kier molecular flexibility index (Phi) is 6.55. The second-order valence-corrected chi connectivity index (χ2v) is 7.64. The van der Waals surface area contributed by atoms with E-state index in [0.29, 0.717) is 18.9 Å². The van der Waals surface area contributed by atoms with Gasteiger partial charge in [-0.3, -0.25) is 4.79 Å². The maximum absolute atomic E-state index is 11.3. The number of carbonyl (C=O) groups is 1. The molecular formula is C25H25N3O4. The SMILES string of the molecule is CC(=O)N1CC(Oc2ccc(-c3ccc(C#CC(CO)n4ccnc4CO)cc3)cc2)C1. The molecule has 7 heteroatoms. The van der Waals surface area contributed by atoms with Crippen molar-refractivity contribution in [2.24, 2.45) is 0 Å². The first-order chi connectivity index (χ1) is 15.6. The van der Waals surface area contributed by atoms with Crippen LogP contribution in [0.5, 0.6) is 5.75 Å². The molecule has 3 aromatic rings. The number of aliphatic hydroxyl groups excluding tert-OH is 2. The van der Waals surface area contributed by atoms with Crippen LogP contribution in [-0.2, 0) is 11.4 Å². The molecule has 1 saturated heterocycles. The summed E-state index contributed by atoms with van der Waals surface area (Å²) in [5.41, 5.74) is 2.96. The number of ether oxygens (including phenoxy) is 1. The third kappa shape index (κ3) is 4.83. The molecule has 0 aliphatic carbocycles. The fraction of sp³-hybridized carbons (Fsp3) is 0.280. The Morgan fingerprint density at radius 3 is 2.38 bits per heavy atom. The van der Waals surface area contributed by atoms with E-state index in [-0.39, 0.29) is 25.2 Å². The Balaban J connectivity index is 1.39. The standard InChI is InChI=1S/C25H25N3O4/c1-18(31)27-14-24(15-27)32-23-10-7-21(8-11-23)20-5-2-19(3-6-20)4-9-22(16-29)28-13-12-26-25(28)17-30/h2-3,5-8,10-13,22,24,29-30H,14-17H2,1H3. The second kappa shape index (κ2) is 9.69. The van der Waals surface area contributed by atoms with Gasteiger partial charge in [0.05, 0.1) is 19.7 Å². The summed E-state index contributed by atoms with van der Waals surface area (Å²) >= 11 is 0. The molecule has 164 valence electrons. The topological polar surface area (TPSA) is 87.8 Å². The lowest BCUT2D eigenvalue weighted by atomic mass is 10.0. The van der Waals surface area contributed by atoms with Crippen LogP contribution in [0.15, 0.2) is 60.9 Å². The average molecular weight is 431 g/mol. The molecule has 2 heterocycles. The van der Waals surface area contributed by atoms with Gasteiger partial charge < -0.3 is 24.4 Å². The molecule has 0 spiro atoms. The van der Waals surface area contributed by atoms with E-state index in [2.05, 4.69) is 16.8 Å². The molecule has 1 amide bonds. The van der Waals surface area contributed by atoms with Gasteiger partial charge >= 0.3 is 0 Å². The molecule has 0 saturated carbocycles. The van der Waals surface area contributed by atoms with Crippen molar-refractivity contribution in [1.29, 1.82) is 0 Å². The first kappa shape index (κ1) is 21.6. The molecular weight excluding hydrogens is 406 g/mol. The molecule has 0 bridgehead atoms. The smallest absolute Gasteiger partial charge is 0.219 e. The zero-order valence-corrected chi connectivity index (χ0v) is 17.8. The Morgan fingerprint density at radius 2 is 1.78 bits per heavy atom. The Hall–Kier alpha value is -3.60. The van der Waals surface area contributed by atoms with Crippen LogP contribution in [0.4, 0.5) is 0 Å². The van der Waals surface area contributed by atoms with E-state index in [0.717, 1.165) is 22.4 Å². The number of nitrogens with zero attached hydrogens (tertiary/aromatic N) is 3. The van der Waals surface area contributed by atoms with Gasteiger partial charge in [-0.25, -0.2) is 4.98 Å². The summed E-state index contributed by atoms with van der Waals surface area (Å²) in [6.07, 6.45) is 3.33. The van der Waals surface area contributed by atoms with E-state index in [9.17, 15) is 15.0 Å². The number of aromatic nitrogens is 2. The third-order valence-electron chi connectivity index (χ3n) is 5.45. The van der Waals surface area contributed by atoms with Gasteiger partial charge in [0, 0.05) is 24.9 Å². The number of rotatable bonds is 6. The van der Waals surface area contributed by atoms with Crippen molar-refractivity contribution in [3.8, 4) is 28.7 Å². The fourth-order valence-corrected chi connectivity index (χ4v) is 3.55. The monoisotopic (exact) mass is 431 g/mol. The van der Waals surface area contributed by atoms with Crippen molar-refractivity contribution in [1.82, 2.24) is 14.5 Å². The van der Waals surface area contributed by atoms with Crippen LogP contribution in [0, 0.1) is 11.8 Å². The zero-order valence-electron chi connectivity index (χ0n) is 17.8. The van der Waals surface area contributed by atoms with Crippen LogP contribution in [0.2, 0.25) is 0 Å². The summed E-state index contributed by atoms with van der Waals surface area (Å²) in [7, 11) is 0. The Morgan fingerprint density at radius 1 is 1.12 bits per heavy atom. The molecule has 1 aliphatic rings. The van der Waals surface area contributed by atoms with E-state index in [1.165, 1.54) is 0 Å². The fourth-order valence-electron chi connectivity index (χ4n) is 3.55. The maximum atomic E-state index is 11.3. The summed E-state index contributed by atoms with van der Waals surface area (Å²) < 4.78 is 7.57. The Labute approximate surface area is 186 Å². The Bertz CT molecular complexity index is 1120. The average Bonchev–Trinajstić information content (AvgIpc) is 3.26. The molecule has 4 rings (SSSR count). The summed E-state index contributed by atoms with van der Waals surface area (Å²) in [5.74, 6) is 7.46. The molecule has 7 nitrogen and oxygen atoms in total. The van der Waals surface area contributed by atoms with E-state index in [4.69, 9.17) is 4.74 Å². The lowest BCUT2D eigenvalue weighted by molar-refractivity contribution is -0.137. The highest BCUT2D eigenvalue weighted by Gasteiger charge is 2.30. The van der Waals surface area contributed by atoms with Gasteiger partial charge in [0.25, 0.3) is 0 Å². The maximum Gasteiger partial charge on any atom is 0.219 e. The van der Waals surface area contributed by atoms with Gasteiger partial charge in [-0.1, -0.05) is 36.1 Å². The van der Waals surface area contributed by atoms with Crippen LogP contribution < -0.4 is 4.74 Å². The van der Waals surface area contributed by atoms with E-state index < -0.39 is 6.04 Å². The molecule has 32 heavy (non-hydrogen) atoms. The van der Waals surface area contributed by atoms with Crippen LogP contribution >= 0.6 is 0 Å². The quantitative estimate of drug-likeness (QED) is 0.585. The van der Waals surface area contributed by atoms with Crippen molar-refractivity contribution >= 4 is 5.91 Å². The number of amides is 1. The number of imidazole rings is 1. The van der Waals surface area contributed by atoms with Crippen LogP contribution in [0.3, 0.4) is 0 Å². The minimum atomic E-state index is -0.468. The first-order valence-electron chi connectivity index (χ1n) is 10.4. The number of carbonyl (C=O) groups excluding carboxylic acids is 1. The van der Waals surface area contributed by atoms with Crippen molar-refractivity contribution in [2.75, 3.05) is 19.7 Å². The zero-order chi connectivity index (χ0) is 22.5. The van der Waals surface area contributed by atoms with Gasteiger partial charge in [0.15, 0.2) is 0 Å². The number of likely N-dealkylation sites (tertiary alicyclic amines) is 1. The van der Waals surface area contributed by atoms with Crippen molar-refractivity contribution in [2.45, 2.75) is 25.7 Å². The van der Waals surface area contributed by atoms with Gasteiger partial charge in [0.1, 0.15) is 30.3 Å². The number of hydrogen-bond acceptors (Lipinski definition) is 5. The number of aliphatic hydroxyl groups is 2. The van der Waals surface area contributed by atoms with Gasteiger partial charge in [-0.2, -0.15) is 0 Å². The van der Waals surface area contributed by atoms with Crippen molar-refractivity contribution in [3.63, 3.8) is 0 Å². The highest BCUT2D eigenvalue weighted by Crippen LogP contribution is 2.24. The lowest BCUT2D eigenvalue weighted by Crippen LogP contribution is -2.55. The van der Waals surface area contributed by atoms with Gasteiger partial charge in [-0.15, -0.1) is 0 Å². The van der Waals surface area contributed by atoms with Crippen molar-refractivity contribution < 1.29 is 19.7 Å². The first-order valence-corrected chi connectivity index (χ1v) is 10.4. The molecule has 1 aromatic heterocycles.